The Balaban J connectivity index is 1.38. The fourth-order valence-electron chi connectivity index (χ4n) is 4.46. The molecule has 4 heteroatoms. The SMILES string of the molecule is CCCCCC(=O)NCC1CCc2nc(-c3ccc(-c4ccc(C)c(C)c4)cc3)cn2C1. The van der Waals surface area contributed by atoms with E-state index in [0.29, 0.717) is 12.3 Å². The van der Waals surface area contributed by atoms with Gasteiger partial charge in [0.05, 0.1) is 5.69 Å². The number of nitrogens with zero attached hydrogens (tertiary/aromatic N) is 2. The lowest BCUT2D eigenvalue weighted by Gasteiger charge is -2.23. The van der Waals surface area contributed by atoms with Crippen LogP contribution in [0, 0.1) is 19.8 Å². The van der Waals surface area contributed by atoms with Gasteiger partial charge in [0.1, 0.15) is 5.82 Å². The fourth-order valence-corrected chi connectivity index (χ4v) is 4.46. The van der Waals surface area contributed by atoms with Crippen LogP contribution in [0.4, 0.5) is 0 Å². The van der Waals surface area contributed by atoms with Crippen molar-refractivity contribution in [2.24, 2.45) is 5.92 Å². The van der Waals surface area contributed by atoms with Gasteiger partial charge in [0, 0.05) is 37.7 Å². The molecule has 32 heavy (non-hydrogen) atoms. The molecule has 1 unspecified atom stereocenters. The number of aryl methyl sites for hydroxylation is 3. The standard InChI is InChI=1S/C28H35N3O/c1-4-5-6-7-28(32)29-17-22-9-15-27-30-26(19-31(27)18-22)24-13-11-23(12-14-24)25-10-8-20(2)21(3)16-25/h8,10-14,16,19,22H,4-7,9,15,17-18H2,1-3H3,(H,29,32). The summed E-state index contributed by atoms with van der Waals surface area (Å²) in [6.07, 6.45) is 8.15. The Morgan fingerprint density at radius 1 is 1.03 bits per heavy atom. The van der Waals surface area contributed by atoms with E-state index in [1.165, 1.54) is 22.3 Å². The van der Waals surface area contributed by atoms with Gasteiger partial charge in [-0.2, -0.15) is 0 Å². The van der Waals surface area contributed by atoms with Crippen LogP contribution in [0.25, 0.3) is 22.4 Å². The third-order valence-corrected chi connectivity index (χ3v) is 6.71. The van der Waals surface area contributed by atoms with Crippen LogP contribution in [-0.2, 0) is 17.8 Å². The van der Waals surface area contributed by atoms with Crippen molar-refractivity contribution in [3.05, 3.63) is 65.6 Å². The van der Waals surface area contributed by atoms with Crippen LogP contribution < -0.4 is 5.32 Å². The summed E-state index contributed by atoms with van der Waals surface area (Å²) in [5.41, 5.74) is 7.32. The molecule has 0 spiro atoms. The van der Waals surface area contributed by atoms with Crippen molar-refractivity contribution in [2.75, 3.05) is 6.54 Å². The largest absolute Gasteiger partial charge is 0.356 e. The van der Waals surface area contributed by atoms with Crippen molar-refractivity contribution in [1.29, 1.82) is 0 Å². The van der Waals surface area contributed by atoms with E-state index >= 15 is 0 Å². The van der Waals surface area contributed by atoms with Gasteiger partial charge in [0.25, 0.3) is 0 Å². The number of fused-ring (bicyclic) bond motifs is 1. The molecule has 4 nitrogen and oxygen atoms in total. The maximum absolute atomic E-state index is 12.0. The highest BCUT2D eigenvalue weighted by molar-refractivity contribution is 5.75. The molecule has 0 saturated heterocycles. The number of benzene rings is 2. The van der Waals surface area contributed by atoms with Crippen molar-refractivity contribution in [2.45, 2.75) is 65.8 Å². The summed E-state index contributed by atoms with van der Waals surface area (Å²) in [4.78, 5) is 16.9. The van der Waals surface area contributed by atoms with Gasteiger partial charge in [-0.3, -0.25) is 4.79 Å². The zero-order valence-electron chi connectivity index (χ0n) is 19.7. The summed E-state index contributed by atoms with van der Waals surface area (Å²) < 4.78 is 2.28. The lowest BCUT2D eigenvalue weighted by molar-refractivity contribution is -0.121. The average molecular weight is 430 g/mol. The number of aromatic nitrogens is 2. The van der Waals surface area contributed by atoms with E-state index in [-0.39, 0.29) is 5.91 Å². The molecular formula is C28H35N3O. The van der Waals surface area contributed by atoms with Gasteiger partial charge < -0.3 is 9.88 Å². The summed E-state index contributed by atoms with van der Waals surface area (Å²) in [5, 5.41) is 3.14. The molecule has 1 aromatic heterocycles. The maximum atomic E-state index is 12.0. The lowest BCUT2D eigenvalue weighted by Crippen LogP contribution is -2.33. The van der Waals surface area contributed by atoms with Gasteiger partial charge >= 0.3 is 0 Å². The van der Waals surface area contributed by atoms with E-state index in [9.17, 15) is 4.79 Å². The van der Waals surface area contributed by atoms with Crippen LogP contribution in [0.15, 0.2) is 48.7 Å². The molecule has 1 aliphatic heterocycles. The minimum absolute atomic E-state index is 0.194. The highest BCUT2D eigenvalue weighted by Crippen LogP contribution is 2.28. The number of hydrogen-bond donors (Lipinski definition) is 1. The number of hydrogen-bond acceptors (Lipinski definition) is 2. The molecule has 1 amide bonds. The predicted molar refractivity (Wildman–Crippen MR) is 132 cm³/mol. The molecule has 1 atom stereocenters. The van der Waals surface area contributed by atoms with Crippen LogP contribution in [0.5, 0.6) is 0 Å². The summed E-state index contributed by atoms with van der Waals surface area (Å²) in [6, 6.07) is 15.4. The molecule has 1 aliphatic rings. The zero-order valence-corrected chi connectivity index (χ0v) is 19.7. The fraction of sp³-hybridized carbons (Fsp3) is 0.429. The Bertz CT molecular complexity index is 1060. The Morgan fingerprint density at radius 3 is 2.53 bits per heavy atom. The second kappa shape index (κ2) is 10.2. The highest BCUT2D eigenvalue weighted by atomic mass is 16.1. The average Bonchev–Trinajstić information content (AvgIpc) is 3.23. The molecule has 2 heterocycles. The summed E-state index contributed by atoms with van der Waals surface area (Å²) >= 11 is 0. The van der Waals surface area contributed by atoms with E-state index in [4.69, 9.17) is 4.98 Å². The first-order valence-electron chi connectivity index (χ1n) is 12.0. The minimum Gasteiger partial charge on any atom is -0.356 e. The summed E-state index contributed by atoms with van der Waals surface area (Å²) in [6.45, 7) is 8.17. The first-order chi connectivity index (χ1) is 15.5. The first kappa shape index (κ1) is 22.3. The zero-order chi connectivity index (χ0) is 22.5. The molecule has 2 aromatic carbocycles. The third kappa shape index (κ3) is 5.29. The molecule has 0 aliphatic carbocycles. The summed E-state index contributed by atoms with van der Waals surface area (Å²) in [5.74, 6) is 1.83. The Labute approximate surface area is 192 Å². The number of amides is 1. The first-order valence-corrected chi connectivity index (χ1v) is 12.0. The number of rotatable bonds is 8. The van der Waals surface area contributed by atoms with Gasteiger partial charge in [-0.05, 0) is 54.9 Å². The van der Waals surface area contributed by atoms with Gasteiger partial charge in [-0.1, -0.05) is 62.2 Å². The minimum atomic E-state index is 0.194. The molecular weight excluding hydrogens is 394 g/mol. The molecule has 0 saturated carbocycles. The van der Waals surface area contributed by atoms with E-state index < -0.39 is 0 Å². The Kier molecular flexibility index (Phi) is 7.09. The Morgan fingerprint density at radius 2 is 1.78 bits per heavy atom. The number of imidazole rings is 1. The Hall–Kier alpha value is -2.88. The van der Waals surface area contributed by atoms with Crippen LogP contribution in [0.1, 0.15) is 56.0 Å². The highest BCUT2D eigenvalue weighted by Gasteiger charge is 2.21. The number of unbranched alkanes of at least 4 members (excludes halogenated alkanes) is 2. The van der Waals surface area contributed by atoms with Gasteiger partial charge in [0.15, 0.2) is 0 Å². The second-order valence-electron chi connectivity index (χ2n) is 9.24. The van der Waals surface area contributed by atoms with Crippen molar-refractivity contribution in [1.82, 2.24) is 14.9 Å². The van der Waals surface area contributed by atoms with Gasteiger partial charge in [-0.15, -0.1) is 0 Å². The molecule has 168 valence electrons. The van der Waals surface area contributed by atoms with E-state index in [1.807, 2.05) is 0 Å². The smallest absolute Gasteiger partial charge is 0.220 e. The van der Waals surface area contributed by atoms with E-state index in [2.05, 4.69) is 79.3 Å². The van der Waals surface area contributed by atoms with Crippen molar-refractivity contribution in [3.8, 4) is 22.4 Å². The topological polar surface area (TPSA) is 46.9 Å². The van der Waals surface area contributed by atoms with Crippen LogP contribution >= 0.6 is 0 Å². The summed E-state index contributed by atoms with van der Waals surface area (Å²) in [7, 11) is 0. The normalized spacial score (nSPS) is 15.4. The van der Waals surface area contributed by atoms with Crippen LogP contribution in [0.2, 0.25) is 0 Å². The quantitative estimate of drug-likeness (QED) is 0.440. The van der Waals surface area contributed by atoms with E-state index in [0.717, 1.165) is 62.3 Å². The maximum Gasteiger partial charge on any atom is 0.220 e. The molecule has 1 N–H and O–H groups in total. The van der Waals surface area contributed by atoms with Gasteiger partial charge in [-0.25, -0.2) is 4.98 Å². The van der Waals surface area contributed by atoms with Gasteiger partial charge in [0.2, 0.25) is 5.91 Å². The molecule has 0 radical (unpaired) electrons. The molecule has 4 rings (SSSR count). The van der Waals surface area contributed by atoms with E-state index in [1.54, 1.807) is 0 Å². The number of carbonyl (C=O) groups excluding carboxylic acids is 1. The molecule has 0 bridgehead atoms. The van der Waals surface area contributed by atoms with Crippen LogP contribution in [-0.4, -0.2) is 22.0 Å². The van der Waals surface area contributed by atoms with Crippen LogP contribution in [0.3, 0.4) is 0 Å². The van der Waals surface area contributed by atoms with Crippen molar-refractivity contribution >= 4 is 5.91 Å². The number of carbonyl (C=O) groups is 1. The van der Waals surface area contributed by atoms with Crippen molar-refractivity contribution in [3.63, 3.8) is 0 Å². The second-order valence-corrected chi connectivity index (χ2v) is 9.24. The number of nitrogens with one attached hydrogen (secondary N) is 1. The van der Waals surface area contributed by atoms with Crippen molar-refractivity contribution < 1.29 is 4.79 Å². The third-order valence-electron chi connectivity index (χ3n) is 6.71. The molecule has 0 fully saturated rings. The molecule has 3 aromatic rings. The predicted octanol–water partition coefficient (Wildman–Crippen LogP) is 6.09. The monoisotopic (exact) mass is 429 g/mol. The lowest BCUT2D eigenvalue weighted by atomic mass is 9.99.